The largest absolute Gasteiger partial charge is 0.433 e. The van der Waals surface area contributed by atoms with Gasteiger partial charge in [0.25, 0.3) is 5.91 Å². The maximum atomic E-state index is 12.6. The van der Waals surface area contributed by atoms with Crippen molar-refractivity contribution >= 4 is 5.91 Å². The molecule has 1 amide bonds. The van der Waals surface area contributed by atoms with Gasteiger partial charge in [-0.15, -0.1) is 0 Å². The lowest BCUT2D eigenvalue weighted by Gasteiger charge is -2.42. The molecule has 2 aromatic rings. The molecule has 1 aliphatic heterocycles. The van der Waals surface area contributed by atoms with Crippen LogP contribution in [0.2, 0.25) is 0 Å². The molecule has 2 aromatic heterocycles. The molecule has 0 spiro atoms. The van der Waals surface area contributed by atoms with E-state index in [1.807, 2.05) is 14.0 Å². The lowest BCUT2D eigenvalue weighted by Crippen LogP contribution is -3.25. The molecule has 3 rings (SSSR count). The van der Waals surface area contributed by atoms with Crippen LogP contribution in [-0.2, 0) is 17.5 Å². The fourth-order valence-electron chi connectivity index (χ4n) is 2.79. The molecule has 0 radical (unpaired) electrons. The standard InChI is InChI=1S/C17H18F3N5O/c1-16(5-6-25(16)2)15(26)22-9-12-7-13(24-10-23-12)11-3-4-14(21-8-11)17(18,19)20/h3-4,7-8,10H,5-6,9H2,1-2H3,(H,22,26)/p+1. The average molecular weight is 366 g/mol. The van der Waals surface area contributed by atoms with Crippen molar-refractivity contribution in [2.75, 3.05) is 13.6 Å². The Balaban J connectivity index is 1.69. The van der Waals surface area contributed by atoms with Gasteiger partial charge in [-0.3, -0.25) is 9.78 Å². The van der Waals surface area contributed by atoms with Crippen LogP contribution in [0.1, 0.15) is 24.7 Å². The number of alkyl halides is 3. The van der Waals surface area contributed by atoms with Crippen LogP contribution >= 0.6 is 0 Å². The van der Waals surface area contributed by atoms with Crippen molar-refractivity contribution in [1.82, 2.24) is 20.3 Å². The highest BCUT2D eigenvalue weighted by atomic mass is 19.4. The second-order valence-corrected chi connectivity index (χ2v) is 6.62. The maximum Gasteiger partial charge on any atom is 0.433 e. The fourth-order valence-corrected chi connectivity index (χ4v) is 2.79. The molecule has 26 heavy (non-hydrogen) atoms. The third kappa shape index (κ3) is 3.52. The van der Waals surface area contributed by atoms with E-state index < -0.39 is 17.4 Å². The number of carbonyl (C=O) groups is 1. The summed E-state index contributed by atoms with van der Waals surface area (Å²) in [6.07, 6.45) is -1.21. The van der Waals surface area contributed by atoms with Gasteiger partial charge in [0, 0.05) is 18.7 Å². The molecule has 6 nitrogen and oxygen atoms in total. The van der Waals surface area contributed by atoms with Crippen LogP contribution in [-0.4, -0.2) is 40.0 Å². The summed E-state index contributed by atoms with van der Waals surface area (Å²) < 4.78 is 37.8. The fraction of sp³-hybridized carbons (Fsp3) is 0.412. The van der Waals surface area contributed by atoms with Gasteiger partial charge in [0.05, 0.1) is 37.9 Å². The number of amides is 1. The van der Waals surface area contributed by atoms with Crippen molar-refractivity contribution < 1.29 is 22.9 Å². The SMILES string of the molecule is C[NH+]1CCC1(C)C(=O)NCc1cc(-c2ccc(C(F)(F)F)nc2)ncn1. The maximum absolute atomic E-state index is 12.6. The Kier molecular flexibility index (Phi) is 4.66. The van der Waals surface area contributed by atoms with E-state index >= 15 is 0 Å². The predicted molar refractivity (Wildman–Crippen MR) is 86.9 cm³/mol. The summed E-state index contributed by atoms with van der Waals surface area (Å²) >= 11 is 0. The van der Waals surface area contributed by atoms with Gasteiger partial charge in [-0.25, -0.2) is 9.97 Å². The average Bonchev–Trinajstić information content (AvgIpc) is 2.63. The molecule has 3 heterocycles. The van der Waals surface area contributed by atoms with Crippen LogP contribution in [0, 0.1) is 0 Å². The minimum Gasteiger partial charge on any atom is -0.345 e. The lowest BCUT2D eigenvalue weighted by molar-refractivity contribution is -0.965. The van der Waals surface area contributed by atoms with E-state index in [1.54, 1.807) is 6.07 Å². The van der Waals surface area contributed by atoms with Gasteiger partial charge in [-0.2, -0.15) is 13.2 Å². The highest BCUT2D eigenvalue weighted by Gasteiger charge is 2.49. The van der Waals surface area contributed by atoms with Gasteiger partial charge in [0.2, 0.25) is 0 Å². The number of rotatable bonds is 4. The summed E-state index contributed by atoms with van der Waals surface area (Å²) in [5.74, 6) is -0.0439. The van der Waals surface area contributed by atoms with Crippen molar-refractivity contribution in [3.8, 4) is 11.3 Å². The number of aromatic nitrogens is 3. The molecule has 1 saturated heterocycles. The molecule has 0 saturated carbocycles. The molecule has 0 bridgehead atoms. The number of pyridine rings is 1. The van der Waals surface area contributed by atoms with Crippen molar-refractivity contribution in [1.29, 1.82) is 0 Å². The number of carbonyl (C=O) groups excluding carboxylic acids is 1. The van der Waals surface area contributed by atoms with E-state index in [9.17, 15) is 18.0 Å². The second-order valence-electron chi connectivity index (χ2n) is 6.62. The van der Waals surface area contributed by atoms with E-state index in [4.69, 9.17) is 0 Å². The van der Waals surface area contributed by atoms with E-state index in [-0.39, 0.29) is 12.5 Å². The summed E-state index contributed by atoms with van der Waals surface area (Å²) in [4.78, 5) is 25.1. The zero-order chi connectivity index (χ0) is 18.9. The second kappa shape index (κ2) is 6.64. The quantitative estimate of drug-likeness (QED) is 0.842. The molecule has 0 aliphatic carbocycles. The summed E-state index contributed by atoms with van der Waals surface area (Å²) in [6.45, 7) is 3.11. The third-order valence-electron chi connectivity index (χ3n) is 4.95. The smallest absolute Gasteiger partial charge is 0.345 e. The molecule has 2 N–H and O–H groups in total. The topological polar surface area (TPSA) is 72.2 Å². The molecule has 138 valence electrons. The minimum atomic E-state index is -4.48. The molecule has 0 aromatic carbocycles. The lowest BCUT2D eigenvalue weighted by atomic mass is 9.86. The van der Waals surface area contributed by atoms with Crippen LogP contribution in [0.15, 0.2) is 30.7 Å². The van der Waals surface area contributed by atoms with Crippen molar-refractivity contribution in [3.05, 3.63) is 42.1 Å². The number of likely N-dealkylation sites (tertiary alicyclic amines) is 1. The first-order valence-electron chi connectivity index (χ1n) is 8.16. The predicted octanol–water partition coefficient (Wildman–Crippen LogP) is 0.851. The van der Waals surface area contributed by atoms with E-state index in [2.05, 4.69) is 20.3 Å². The Labute approximate surface area is 148 Å². The molecule has 1 aliphatic rings. The molecular weight excluding hydrogens is 347 g/mol. The van der Waals surface area contributed by atoms with Gasteiger partial charge >= 0.3 is 6.18 Å². The first kappa shape index (κ1) is 18.2. The highest BCUT2D eigenvalue weighted by Crippen LogP contribution is 2.28. The molecular formula is C17H19F3N5O+. The highest BCUT2D eigenvalue weighted by molar-refractivity contribution is 5.84. The minimum absolute atomic E-state index is 0.0439. The van der Waals surface area contributed by atoms with Crippen molar-refractivity contribution in [2.24, 2.45) is 0 Å². The van der Waals surface area contributed by atoms with E-state index in [0.717, 1.165) is 30.1 Å². The van der Waals surface area contributed by atoms with Crippen LogP contribution in [0.4, 0.5) is 13.2 Å². The summed E-state index contributed by atoms with van der Waals surface area (Å²) in [5.41, 5.74) is 0.0888. The Hall–Kier alpha value is -2.55. The monoisotopic (exact) mass is 366 g/mol. The Morgan fingerprint density at radius 3 is 2.62 bits per heavy atom. The molecule has 2 atom stereocenters. The number of nitrogens with zero attached hydrogens (tertiary/aromatic N) is 3. The number of hydrogen-bond donors (Lipinski definition) is 2. The third-order valence-corrected chi connectivity index (χ3v) is 4.95. The van der Waals surface area contributed by atoms with Crippen molar-refractivity contribution in [2.45, 2.75) is 31.6 Å². The normalized spacial score (nSPS) is 22.6. The number of halogens is 3. The first-order valence-corrected chi connectivity index (χ1v) is 8.16. The zero-order valence-corrected chi connectivity index (χ0v) is 14.4. The number of quaternary nitrogens is 1. The van der Waals surface area contributed by atoms with E-state index in [0.29, 0.717) is 17.0 Å². The summed E-state index contributed by atoms with van der Waals surface area (Å²) in [5, 5.41) is 2.87. The number of likely N-dealkylation sites (N-methyl/N-ethyl adjacent to an activating group) is 1. The summed E-state index contributed by atoms with van der Waals surface area (Å²) in [6, 6.07) is 3.85. The van der Waals surface area contributed by atoms with Crippen LogP contribution in [0.3, 0.4) is 0 Å². The summed E-state index contributed by atoms with van der Waals surface area (Å²) in [7, 11) is 1.98. The number of hydrogen-bond acceptors (Lipinski definition) is 4. The van der Waals surface area contributed by atoms with Crippen LogP contribution in [0.5, 0.6) is 0 Å². The van der Waals surface area contributed by atoms with E-state index in [1.165, 1.54) is 12.4 Å². The van der Waals surface area contributed by atoms with Crippen molar-refractivity contribution in [3.63, 3.8) is 0 Å². The van der Waals surface area contributed by atoms with Crippen LogP contribution in [0.25, 0.3) is 11.3 Å². The van der Waals surface area contributed by atoms with Gasteiger partial charge in [0.1, 0.15) is 12.0 Å². The first-order chi connectivity index (χ1) is 12.2. The Morgan fingerprint density at radius 1 is 1.31 bits per heavy atom. The van der Waals surface area contributed by atoms with Crippen LogP contribution < -0.4 is 10.2 Å². The Morgan fingerprint density at radius 2 is 2.08 bits per heavy atom. The zero-order valence-electron chi connectivity index (χ0n) is 14.4. The number of nitrogens with one attached hydrogen (secondary N) is 2. The van der Waals surface area contributed by atoms with Gasteiger partial charge < -0.3 is 10.2 Å². The molecule has 9 heteroatoms. The van der Waals surface area contributed by atoms with Gasteiger partial charge in [-0.05, 0) is 18.2 Å². The van der Waals surface area contributed by atoms with Gasteiger partial charge in [-0.1, -0.05) is 0 Å². The molecule has 2 unspecified atom stereocenters. The van der Waals surface area contributed by atoms with Gasteiger partial charge in [0.15, 0.2) is 5.54 Å². The molecule has 1 fully saturated rings. The Bertz CT molecular complexity index is 809.